The van der Waals surface area contributed by atoms with Gasteiger partial charge in [-0.1, -0.05) is 31.7 Å². The van der Waals surface area contributed by atoms with Gasteiger partial charge in [0.15, 0.2) is 0 Å². The van der Waals surface area contributed by atoms with Crippen molar-refractivity contribution in [3.63, 3.8) is 0 Å². The van der Waals surface area contributed by atoms with Crippen LogP contribution in [-0.2, 0) is 22.6 Å². The van der Waals surface area contributed by atoms with Crippen molar-refractivity contribution in [2.45, 2.75) is 52.0 Å². The Hall–Kier alpha value is -3.39. The first-order valence-corrected chi connectivity index (χ1v) is 15.9. The minimum absolute atomic E-state index is 0.166. The Morgan fingerprint density at radius 3 is 2.71 bits per heavy atom. The summed E-state index contributed by atoms with van der Waals surface area (Å²) in [6.45, 7) is 9.43. The summed E-state index contributed by atoms with van der Waals surface area (Å²) in [5, 5.41) is 11.8. The molecule has 2 fully saturated rings. The number of para-hydroxylation sites is 1. The second-order valence-corrected chi connectivity index (χ2v) is 12.8. The van der Waals surface area contributed by atoms with Crippen LogP contribution in [0, 0.1) is 17.8 Å². The molecule has 0 unspecified atom stereocenters. The van der Waals surface area contributed by atoms with Crippen LogP contribution in [0.3, 0.4) is 0 Å². The second-order valence-electron chi connectivity index (χ2n) is 12.0. The lowest BCUT2D eigenvalue weighted by atomic mass is 9.87. The molecule has 222 valence electrons. The van der Waals surface area contributed by atoms with E-state index in [-0.39, 0.29) is 17.7 Å². The fraction of sp³-hybridized carbons (Fsp3) is 0.441. The number of likely N-dealkylation sites (tertiary alicyclic amines) is 1. The number of nitrogens with zero attached hydrogens (tertiary/aromatic N) is 3. The molecule has 0 bridgehead atoms. The number of amides is 1. The number of nitrogens with one attached hydrogen (secondary N) is 2. The van der Waals surface area contributed by atoms with E-state index in [0.717, 1.165) is 76.8 Å². The molecule has 1 aliphatic carbocycles. The Kier molecular flexibility index (Phi) is 9.83. The summed E-state index contributed by atoms with van der Waals surface area (Å²) in [4.78, 5) is 29.7. The second kappa shape index (κ2) is 13.7. The molecule has 42 heavy (non-hydrogen) atoms. The number of hydrogen-bond acceptors (Lipinski definition) is 5. The molecule has 1 aliphatic heterocycles. The third-order valence-corrected chi connectivity index (χ3v) is 9.43. The highest BCUT2D eigenvalue weighted by Crippen LogP contribution is 2.34. The summed E-state index contributed by atoms with van der Waals surface area (Å²) >= 11 is 3.74. The van der Waals surface area contributed by atoms with E-state index in [1.807, 2.05) is 54.7 Å². The maximum absolute atomic E-state index is 13.4. The SMILES string of the molecule is C=CN(Cc1c(C[C@H](C)CC(=O)N2CCC(/C(C=O)=C/c3ccccc3NC)CC2)cc(Br)c2[nH]ncc12)CC1CC1. The third-order valence-electron chi connectivity index (χ3n) is 8.80. The number of allylic oxidation sites excluding steroid dienone is 1. The number of aldehydes is 1. The summed E-state index contributed by atoms with van der Waals surface area (Å²) in [6.07, 6.45) is 12.4. The van der Waals surface area contributed by atoms with Crippen molar-refractivity contribution in [1.82, 2.24) is 20.0 Å². The van der Waals surface area contributed by atoms with Gasteiger partial charge in [-0.25, -0.2) is 0 Å². The Labute approximate surface area is 257 Å². The van der Waals surface area contributed by atoms with Crippen molar-refractivity contribution in [3.8, 4) is 0 Å². The van der Waals surface area contributed by atoms with E-state index in [9.17, 15) is 9.59 Å². The van der Waals surface area contributed by atoms with Gasteiger partial charge in [0, 0.05) is 55.2 Å². The molecule has 7 nitrogen and oxygen atoms in total. The highest BCUT2D eigenvalue weighted by Gasteiger charge is 2.27. The molecule has 8 heteroatoms. The number of piperidine rings is 1. The number of carbonyl (C=O) groups is 2. The van der Waals surface area contributed by atoms with Crippen molar-refractivity contribution in [1.29, 1.82) is 0 Å². The molecule has 1 aromatic heterocycles. The minimum Gasteiger partial charge on any atom is -0.388 e. The summed E-state index contributed by atoms with van der Waals surface area (Å²) in [5.74, 6) is 1.32. The van der Waals surface area contributed by atoms with Gasteiger partial charge in [-0.05, 0) is 112 Å². The lowest BCUT2D eigenvalue weighted by Crippen LogP contribution is -2.39. The zero-order chi connectivity index (χ0) is 29.6. The van der Waals surface area contributed by atoms with Gasteiger partial charge in [0.2, 0.25) is 5.91 Å². The van der Waals surface area contributed by atoms with Crippen molar-refractivity contribution in [2.24, 2.45) is 17.8 Å². The van der Waals surface area contributed by atoms with Crippen LogP contribution < -0.4 is 5.32 Å². The molecule has 0 spiro atoms. The van der Waals surface area contributed by atoms with Gasteiger partial charge >= 0.3 is 0 Å². The molecule has 3 aromatic rings. The van der Waals surface area contributed by atoms with Gasteiger partial charge < -0.3 is 15.1 Å². The number of anilines is 1. The van der Waals surface area contributed by atoms with E-state index < -0.39 is 0 Å². The predicted octanol–water partition coefficient (Wildman–Crippen LogP) is 6.81. The molecule has 2 aromatic carbocycles. The molecule has 1 atom stereocenters. The van der Waals surface area contributed by atoms with Crippen molar-refractivity contribution in [3.05, 3.63) is 76.0 Å². The van der Waals surface area contributed by atoms with Crippen LogP contribution in [0.5, 0.6) is 0 Å². The number of fused-ring (bicyclic) bond motifs is 1. The van der Waals surface area contributed by atoms with Crippen LogP contribution in [0.15, 0.2) is 59.4 Å². The van der Waals surface area contributed by atoms with Gasteiger partial charge in [0.05, 0.1) is 11.7 Å². The van der Waals surface area contributed by atoms with E-state index >= 15 is 0 Å². The summed E-state index contributed by atoms with van der Waals surface area (Å²) in [6, 6.07) is 10.2. The van der Waals surface area contributed by atoms with Crippen LogP contribution in [0.25, 0.3) is 17.0 Å². The van der Waals surface area contributed by atoms with Gasteiger partial charge in [0.25, 0.3) is 0 Å². The van der Waals surface area contributed by atoms with Crippen LogP contribution in [0.1, 0.15) is 55.7 Å². The number of benzene rings is 2. The van der Waals surface area contributed by atoms with Gasteiger partial charge in [-0.15, -0.1) is 0 Å². The molecule has 2 heterocycles. The first kappa shape index (κ1) is 30.1. The first-order chi connectivity index (χ1) is 20.4. The van der Waals surface area contributed by atoms with E-state index in [1.165, 1.54) is 24.0 Å². The lowest BCUT2D eigenvalue weighted by molar-refractivity contribution is -0.133. The predicted molar refractivity (Wildman–Crippen MR) is 174 cm³/mol. The van der Waals surface area contributed by atoms with Gasteiger partial charge in [-0.2, -0.15) is 5.10 Å². The van der Waals surface area contributed by atoms with Crippen LogP contribution in [-0.4, -0.2) is 58.9 Å². The maximum Gasteiger partial charge on any atom is 0.222 e. The first-order valence-electron chi connectivity index (χ1n) is 15.1. The van der Waals surface area contributed by atoms with Crippen molar-refractivity contribution in [2.75, 3.05) is 32.0 Å². The molecule has 1 saturated heterocycles. The van der Waals surface area contributed by atoms with Crippen molar-refractivity contribution < 1.29 is 9.59 Å². The molecule has 1 saturated carbocycles. The Morgan fingerprint density at radius 1 is 1.26 bits per heavy atom. The summed E-state index contributed by atoms with van der Waals surface area (Å²) in [7, 11) is 1.89. The molecule has 5 rings (SSSR count). The molecule has 1 amide bonds. The zero-order valence-electron chi connectivity index (χ0n) is 24.7. The quantitative estimate of drug-likeness (QED) is 0.160. The third kappa shape index (κ3) is 7.14. The summed E-state index contributed by atoms with van der Waals surface area (Å²) < 4.78 is 0.998. The molecular formula is C34H42BrN5O2. The van der Waals surface area contributed by atoms with E-state index in [4.69, 9.17) is 0 Å². The largest absolute Gasteiger partial charge is 0.388 e. The summed E-state index contributed by atoms with van der Waals surface area (Å²) in [5.41, 5.74) is 6.34. The van der Waals surface area contributed by atoms with E-state index in [1.54, 1.807) is 0 Å². The number of carbonyl (C=O) groups excluding carboxylic acids is 2. The fourth-order valence-electron chi connectivity index (χ4n) is 6.21. The molecular weight excluding hydrogens is 590 g/mol. The van der Waals surface area contributed by atoms with Gasteiger partial charge in [-0.3, -0.25) is 14.7 Å². The average Bonchev–Trinajstić information content (AvgIpc) is 3.68. The van der Waals surface area contributed by atoms with E-state index in [2.05, 4.69) is 55.9 Å². The van der Waals surface area contributed by atoms with Gasteiger partial charge in [0.1, 0.15) is 6.29 Å². The number of aromatic nitrogens is 2. The number of halogens is 1. The Balaban J connectivity index is 1.22. The minimum atomic E-state index is 0.166. The standard InChI is InChI=1S/C34H42BrN5O2/c1-4-39(20-24-9-10-24)21-30-27(18-31(35)34-29(30)19-37-38-34)15-23(2)16-33(42)40-13-11-25(12-14-40)28(22-41)17-26-7-5-6-8-32(26)36-3/h4-8,17-19,22-25,36H,1,9-16,20-21H2,2-3H3,(H,37,38)/b28-17+/t23-/m0/s1. The van der Waals surface area contributed by atoms with Crippen LogP contribution in [0.2, 0.25) is 0 Å². The molecule has 2 N–H and O–H groups in total. The maximum atomic E-state index is 13.4. The Morgan fingerprint density at radius 2 is 2.02 bits per heavy atom. The van der Waals surface area contributed by atoms with E-state index in [0.29, 0.717) is 19.5 Å². The molecule has 0 radical (unpaired) electrons. The molecule has 2 aliphatic rings. The Bertz CT molecular complexity index is 1450. The average molecular weight is 633 g/mol. The van der Waals surface area contributed by atoms with Crippen LogP contribution in [0.4, 0.5) is 5.69 Å². The highest BCUT2D eigenvalue weighted by atomic mass is 79.9. The number of rotatable bonds is 13. The fourth-order valence-corrected chi connectivity index (χ4v) is 6.78. The number of hydrogen-bond donors (Lipinski definition) is 2. The van der Waals surface area contributed by atoms with Crippen molar-refractivity contribution >= 4 is 50.8 Å². The normalized spacial score (nSPS) is 16.8. The lowest BCUT2D eigenvalue weighted by Gasteiger charge is -2.33. The number of H-pyrrole nitrogens is 1. The smallest absolute Gasteiger partial charge is 0.222 e. The zero-order valence-corrected chi connectivity index (χ0v) is 26.3. The topological polar surface area (TPSA) is 81.3 Å². The monoisotopic (exact) mass is 631 g/mol. The number of aromatic amines is 1. The highest BCUT2D eigenvalue weighted by molar-refractivity contribution is 9.10. The van der Waals surface area contributed by atoms with Crippen LogP contribution >= 0.6 is 15.9 Å².